The van der Waals surface area contributed by atoms with Crippen LogP contribution in [0.4, 0.5) is 0 Å². The summed E-state index contributed by atoms with van der Waals surface area (Å²) in [6.07, 6.45) is 0. The molecule has 0 aliphatic rings. The van der Waals surface area contributed by atoms with Crippen LogP contribution in [0.25, 0.3) is 98.4 Å². The second-order valence-electron chi connectivity index (χ2n) is 12.2. The predicted molar refractivity (Wildman–Crippen MR) is 200 cm³/mol. The SMILES string of the molecule is [2H]c1c([2H])c(-c2ccc3ccccc3c2)c([2H])c(-c2c3ccccc3c(-c3ccc4oc5cc6ccccc6cc5c4c3)c3ccccc23)c1[2H]. The smallest absolute Gasteiger partial charge is 0.136 e. The second kappa shape index (κ2) is 10.2. The quantitative estimate of drug-likeness (QED) is 0.184. The molecule has 1 nitrogen and oxygen atoms in total. The van der Waals surface area contributed by atoms with Crippen LogP contribution in [-0.4, -0.2) is 0 Å². The van der Waals surface area contributed by atoms with Gasteiger partial charge in [0.25, 0.3) is 0 Å². The Kier molecular flexibility index (Phi) is 4.83. The third kappa shape index (κ3) is 4.10. The topological polar surface area (TPSA) is 13.1 Å². The van der Waals surface area contributed by atoms with Gasteiger partial charge in [-0.15, -0.1) is 0 Å². The van der Waals surface area contributed by atoms with Crippen molar-refractivity contribution in [3.05, 3.63) is 170 Å². The summed E-state index contributed by atoms with van der Waals surface area (Å²) in [4.78, 5) is 0. The first kappa shape index (κ1) is 22.3. The largest absolute Gasteiger partial charge is 0.456 e. The minimum Gasteiger partial charge on any atom is -0.456 e. The monoisotopic (exact) mass is 600 g/mol. The van der Waals surface area contributed by atoms with Crippen LogP contribution < -0.4 is 0 Å². The molecule has 218 valence electrons. The lowest BCUT2D eigenvalue weighted by atomic mass is 9.85. The van der Waals surface area contributed by atoms with Crippen LogP contribution in [0.15, 0.2) is 174 Å². The molecule has 0 saturated heterocycles. The summed E-state index contributed by atoms with van der Waals surface area (Å²) < 4.78 is 43.2. The molecule has 0 aliphatic heterocycles. The van der Waals surface area contributed by atoms with Crippen LogP contribution in [0.1, 0.15) is 5.48 Å². The van der Waals surface area contributed by atoms with Crippen molar-refractivity contribution < 1.29 is 9.90 Å². The molecule has 0 saturated carbocycles. The highest BCUT2D eigenvalue weighted by Gasteiger charge is 2.18. The highest BCUT2D eigenvalue weighted by molar-refractivity contribution is 6.22. The molecule has 1 heterocycles. The Morgan fingerprint density at radius 2 is 0.894 bits per heavy atom. The summed E-state index contributed by atoms with van der Waals surface area (Å²) in [5, 5.41) is 10.2. The van der Waals surface area contributed by atoms with E-state index in [1.54, 1.807) is 0 Å². The molecule has 1 aromatic heterocycles. The molecule has 10 rings (SSSR count). The van der Waals surface area contributed by atoms with E-state index >= 15 is 0 Å². The van der Waals surface area contributed by atoms with Crippen molar-refractivity contribution in [2.24, 2.45) is 0 Å². The van der Waals surface area contributed by atoms with Crippen molar-refractivity contribution in [1.29, 1.82) is 0 Å². The minimum atomic E-state index is -0.189. The average Bonchev–Trinajstić information content (AvgIpc) is 3.52. The molecule has 0 atom stereocenters. The van der Waals surface area contributed by atoms with Gasteiger partial charge in [-0.3, -0.25) is 0 Å². The van der Waals surface area contributed by atoms with E-state index in [4.69, 9.17) is 7.16 Å². The molecule has 0 N–H and O–H groups in total. The van der Waals surface area contributed by atoms with Crippen molar-refractivity contribution in [2.45, 2.75) is 0 Å². The highest BCUT2D eigenvalue weighted by Crippen LogP contribution is 2.45. The summed E-state index contributed by atoms with van der Waals surface area (Å²) in [6.45, 7) is 0. The van der Waals surface area contributed by atoms with E-state index in [9.17, 15) is 2.74 Å². The summed E-state index contributed by atoms with van der Waals surface area (Å²) >= 11 is 0. The zero-order valence-electron chi connectivity index (χ0n) is 29.3. The Labute approximate surface area is 277 Å². The molecule has 0 aliphatic carbocycles. The van der Waals surface area contributed by atoms with Crippen LogP contribution in [0.5, 0.6) is 0 Å². The number of furan rings is 1. The van der Waals surface area contributed by atoms with Crippen molar-refractivity contribution in [3.8, 4) is 33.4 Å². The van der Waals surface area contributed by atoms with E-state index < -0.39 is 0 Å². The number of rotatable bonds is 3. The molecular weight excluding hydrogens is 569 g/mol. The molecule has 0 bridgehead atoms. The van der Waals surface area contributed by atoms with Crippen molar-refractivity contribution in [3.63, 3.8) is 0 Å². The van der Waals surface area contributed by atoms with Gasteiger partial charge in [0.2, 0.25) is 0 Å². The van der Waals surface area contributed by atoms with Crippen molar-refractivity contribution in [1.82, 2.24) is 0 Å². The summed E-state index contributed by atoms with van der Waals surface area (Å²) in [7, 11) is 0. The molecule has 47 heavy (non-hydrogen) atoms. The second-order valence-corrected chi connectivity index (χ2v) is 12.2. The van der Waals surface area contributed by atoms with Gasteiger partial charge < -0.3 is 4.42 Å². The normalized spacial score (nSPS) is 13.0. The summed E-state index contributed by atoms with van der Waals surface area (Å²) in [5.41, 5.74) is 5.91. The first-order chi connectivity index (χ1) is 25.0. The zero-order valence-corrected chi connectivity index (χ0v) is 25.3. The van der Waals surface area contributed by atoms with Gasteiger partial charge >= 0.3 is 0 Å². The molecule has 0 amide bonds. The molecule has 1 heteroatoms. The van der Waals surface area contributed by atoms with Crippen LogP contribution in [0.2, 0.25) is 0 Å². The fourth-order valence-corrected chi connectivity index (χ4v) is 7.28. The maximum Gasteiger partial charge on any atom is 0.136 e. The molecular formula is C46H28O. The van der Waals surface area contributed by atoms with Gasteiger partial charge in [-0.1, -0.05) is 133 Å². The predicted octanol–water partition coefficient (Wildman–Crippen LogP) is 13.2. The van der Waals surface area contributed by atoms with Gasteiger partial charge in [0.05, 0.1) is 5.48 Å². The minimum absolute atomic E-state index is 0.0813. The lowest BCUT2D eigenvalue weighted by Gasteiger charge is -2.18. The molecule has 0 unspecified atom stereocenters. The van der Waals surface area contributed by atoms with E-state index in [0.29, 0.717) is 16.7 Å². The number of benzene rings is 9. The van der Waals surface area contributed by atoms with Gasteiger partial charge in [-0.25, -0.2) is 0 Å². The van der Waals surface area contributed by atoms with Gasteiger partial charge in [-0.2, -0.15) is 0 Å². The Morgan fingerprint density at radius 1 is 0.362 bits per heavy atom. The van der Waals surface area contributed by atoms with Gasteiger partial charge in [0, 0.05) is 10.8 Å². The maximum atomic E-state index is 9.65. The lowest BCUT2D eigenvalue weighted by Crippen LogP contribution is -1.91. The van der Waals surface area contributed by atoms with Gasteiger partial charge in [0.1, 0.15) is 11.2 Å². The molecule has 10 aromatic rings. The number of hydrogen-bond donors (Lipinski definition) is 0. The fraction of sp³-hybridized carbons (Fsp3) is 0. The Bertz CT molecular complexity index is 3030. The van der Waals surface area contributed by atoms with Crippen molar-refractivity contribution >= 4 is 65.0 Å². The van der Waals surface area contributed by atoms with Gasteiger partial charge in [-0.05, 0) is 113 Å². The van der Waals surface area contributed by atoms with Crippen LogP contribution >= 0.6 is 0 Å². The Balaban J connectivity index is 1.27. The maximum absolute atomic E-state index is 9.65. The van der Waals surface area contributed by atoms with E-state index in [1.165, 1.54) is 0 Å². The average molecular weight is 601 g/mol. The third-order valence-corrected chi connectivity index (χ3v) is 9.47. The van der Waals surface area contributed by atoms with Crippen LogP contribution in [-0.2, 0) is 0 Å². The summed E-state index contributed by atoms with van der Waals surface area (Å²) in [5.74, 6) is 0. The van der Waals surface area contributed by atoms with E-state index in [0.717, 1.165) is 81.7 Å². The van der Waals surface area contributed by atoms with E-state index in [1.807, 2.05) is 91.0 Å². The number of fused-ring (bicyclic) bond motifs is 7. The van der Waals surface area contributed by atoms with Crippen molar-refractivity contribution in [2.75, 3.05) is 0 Å². The van der Waals surface area contributed by atoms with Crippen LogP contribution in [0.3, 0.4) is 0 Å². The first-order valence-corrected chi connectivity index (χ1v) is 15.8. The standard InChI is InChI=1S/C46H28O/c1-2-11-30-24-34(21-20-29(30)10-1)31-14-9-15-35(25-31)45-37-16-5-7-18-39(37)46(40-19-8-6-17-38(40)45)36-22-23-43-41(27-36)42-26-32-12-3-4-13-33(32)28-44(42)47-43/h1-28H/i9D,14D,15D,25D. The molecule has 0 spiro atoms. The molecule has 0 radical (unpaired) electrons. The molecule has 0 fully saturated rings. The first-order valence-electron chi connectivity index (χ1n) is 17.8. The van der Waals surface area contributed by atoms with E-state index in [-0.39, 0.29) is 24.2 Å². The Hall–Kier alpha value is -6.18. The lowest BCUT2D eigenvalue weighted by molar-refractivity contribution is 0.669. The summed E-state index contributed by atoms with van der Waals surface area (Å²) in [6, 6.07) is 48.9. The Morgan fingerprint density at radius 3 is 1.60 bits per heavy atom. The fourth-order valence-electron chi connectivity index (χ4n) is 7.28. The van der Waals surface area contributed by atoms with E-state index in [2.05, 4.69) is 54.6 Å². The molecule has 9 aromatic carbocycles. The zero-order chi connectivity index (χ0) is 34.4. The third-order valence-electron chi connectivity index (χ3n) is 9.47. The number of hydrogen-bond acceptors (Lipinski definition) is 1. The highest BCUT2D eigenvalue weighted by atomic mass is 16.3. The van der Waals surface area contributed by atoms with Gasteiger partial charge in [0.15, 0.2) is 0 Å². The van der Waals surface area contributed by atoms with Crippen LogP contribution in [0, 0.1) is 0 Å².